The number of nitrogens with one attached hydrogen (secondary N) is 1. The van der Waals surface area contributed by atoms with Gasteiger partial charge in [-0.1, -0.05) is 20.8 Å². The topological polar surface area (TPSA) is 63.5 Å². The number of hydrazone groups is 1. The van der Waals surface area contributed by atoms with E-state index in [2.05, 4.69) is 31.3 Å². The van der Waals surface area contributed by atoms with Gasteiger partial charge in [-0.15, -0.1) is 0 Å². The smallest absolute Gasteiger partial charge is 0.305 e. The van der Waals surface area contributed by atoms with Crippen LogP contribution in [0.15, 0.2) is 28.2 Å². The average molecular weight is 369 g/mol. The third kappa shape index (κ3) is 2.95. The molecule has 1 N–H and O–H groups in total. The van der Waals surface area contributed by atoms with Crippen LogP contribution in [-0.2, 0) is 17.5 Å². The van der Waals surface area contributed by atoms with Gasteiger partial charge in [0, 0.05) is 23.4 Å². The number of hydrogen-bond donors (Lipinski definition) is 1. The Morgan fingerprint density at radius 1 is 1.35 bits per heavy atom. The van der Waals surface area contributed by atoms with E-state index in [0.717, 1.165) is 35.6 Å². The first kappa shape index (κ1) is 18.7. The van der Waals surface area contributed by atoms with Crippen molar-refractivity contribution in [2.75, 3.05) is 0 Å². The van der Waals surface area contributed by atoms with Crippen molar-refractivity contribution in [3.05, 3.63) is 34.2 Å². The fraction of sp³-hybridized carbons (Fsp3) is 0.611. The summed E-state index contributed by atoms with van der Waals surface area (Å²) >= 11 is 0. The van der Waals surface area contributed by atoms with Crippen LogP contribution >= 0.6 is 0 Å². The molecule has 2 aliphatic carbocycles. The number of alkyl halides is 3. The maximum atomic E-state index is 12.8. The summed E-state index contributed by atoms with van der Waals surface area (Å²) in [4.78, 5) is 23.8. The highest BCUT2D eigenvalue weighted by Crippen LogP contribution is 2.63. The van der Waals surface area contributed by atoms with Gasteiger partial charge >= 0.3 is 6.18 Å². The molecule has 142 valence electrons. The largest absolute Gasteiger partial charge is 0.417 e. The molecule has 8 heteroatoms. The van der Waals surface area contributed by atoms with Gasteiger partial charge in [-0.2, -0.15) is 18.3 Å². The van der Waals surface area contributed by atoms with E-state index in [1.807, 2.05) is 0 Å². The van der Waals surface area contributed by atoms with Crippen LogP contribution in [0.1, 0.15) is 45.6 Å². The number of carbonyl (C=O) groups excluding carboxylic acids is 1. The molecule has 2 atom stereocenters. The quantitative estimate of drug-likeness (QED) is 0.832. The molecule has 2 fully saturated rings. The fourth-order valence-electron chi connectivity index (χ4n) is 4.24. The molecule has 0 saturated heterocycles. The molecule has 0 spiro atoms. The van der Waals surface area contributed by atoms with E-state index in [0.29, 0.717) is 18.2 Å². The molecule has 3 rings (SSSR count). The Bertz CT molecular complexity index is 826. The van der Waals surface area contributed by atoms with Gasteiger partial charge < -0.3 is 4.57 Å². The summed E-state index contributed by atoms with van der Waals surface area (Å²) in [5.41, 5.74) is 1.71. The molecule has 0 aromatic carbocycles. The minimum atomic E-state index is -4.57. The van der Waals surface area contributed by atoms with Gasteiger partial charge in [0.25, 0.3) is 11.5 Å². The highest BCUT2D eigenvalue weighted by atomic mass is 19.4. The van der Waals surface area contributed by atoms with E-state index in [1.54, 1.807) is 0 Å². The van der Waals surface area contributed by atoms with Crippen LogP contribution in [0.4, 0.5) is 13.2 Å². The van der Waals surface area contributed by atoms with Crippen LogP contribution in [0.2, 0.25) is 0 Å². The predicted octanol–water partition coefficient (Wildman–Crippen LogP) is 3.19. The van der Waals surface area contributed by atoms with E-state index in [4.69, 9.17) is 0 Å². The Morgan fingerprint density at radius 2 is 2.04 bits per heavy atom. The fourth-order valence-corrected chi connectivity index (χ4v) is 4.24. The summed E-state index contributed by atoms with van der Waals surface area (Å²) in [6.07, 6.45) is -0.970. The van der Waals surface area contributed by atoms with Crippen LogP contribution in [0, 0.1) is 16.7 Å². The molecule has 0 radical (unpaired) electrons. The second-order valence-electron chi connectivity index (χ2n) is 7.97. The molecule has 5 nitrogen and oxygen atoms in total. The van der Waals surface area contributed by atoms with Crippen LogP contribution < -0.4 is 11.0 Å². The summed E-state index contributed by atoms with van der Waals surface area (Å²) in [5.74, 6) is -0.0997. The van der Waals surface area contributed by atoms with Crippen molar-refractivity contribution in [2.24, 2.45) is 21.8 Å². The van der Waals surface area contributed by atoms with Gasteiger partial charge in [0.05, 0.1) is 5.56 Å². The number of halogens is 3. The highest BCUT2D eigenvalue weighted by molar-refractivity contribution is 5.95. The van der Waals surface area contributed by atoms with Gasteiger partial charge in [0.15, 0.2) is 0 Å². The van der Waals surface area contributed by atoms with E-state index in [-0.39, 0.29) is 10.8 Å². The monoisotopic (exact) mass is 369 g/mol. The van der Waals surface area contributed by atoms with Gasteiger partial charge in [-0.25, -0.2) is 5.43 Å². The summed E-state index contributed by atoms with van der Waals surface area (Å²) in [7, 11) is 0. The second-order valence-corrected chi connectivity index (χ2v) is 7.97. The molecule has 2 bridgehead atoms. The number of aromatic nitrogens is 1. The molecular formula is C18H22F3N3O2. The van der Waals surface area contributed by atoms with Crippen molar-refractivity contribution >= 4 is 11.6 Å². The number of carbonyl (C=O) groups is 1. The molecule has 0 unspecified atom stereocenters. The van der Waals surface area contributed by atoms with Gasteiger partial charge in [-0.3, -0.25) is 9.59 Å². The van der Waals surface area contributed by atoms with E-state index in [1.165, 1.54) is 0 Å². The van der Waals surface area contributed by atoms with Crippen molar-refractivity contribution in [1.29, 1.82) is 0 Å². The van der Waals surface area contributed by atoms with Crippen molar-refractivity contribution in [3.8, 4) is 0 Å². The van der Waals surface area contributed by atoms with Gasteiger partial charge in [-0.05, 0) is 36.7 Å². The standard InChI is InChI=1S/C18H22F3N3O2/c1-16(2)11-6-7-17(16,3)13(8-11)22-23-14(25)10-24-9-12(18(19,20)21)4-5-15(24)26/h4-5,9,11H,6-8,10H2,1-3H3,(H,23,25)/b22-13+/t11-,17-/m0/s1. The first-order valence-electron chi connectivity index (χ1n) is 8.59. The Morgan fingerprint density at radius 3 is 2.58 bits per heavy atom. The number of nitrogens with zero attached hydrogens (tertiary/aromatic N) is 2. The van der Waals surface area contributed by atoms with Crippen molar-refractivity contribution in [1.82, 2.24) is 9.99 Å². The Labute approximate surface area is 149 Å². The molecule has 26 heavy (non-hydrogen) atoms. The molecule has 1 amide bonds. The average Bonchev–Trinajstić information content (AvgIpc) is 2.87. The summed E-state index contributed by atoms with van der Waals surface area (Å²) < 4.78 is 39.0. The van der Waals surface area contributed by atoms with Gasteiger partial charge in [0.1, 0.15) is 6.54 Å². The van der Waals surface area contributed by atoms with Crippen molar-refractivity contribution in [3.63, 3.8) is 0 Å². The summed E-state index contributed by atoms with van der Waals surface area (Å²) in [6, 6.07) is 1.51. The zero-order valence-electron chi connectivity index (χ0n) is 15.0. The molecular weight excluding hydrogens is 347 g/mol. The lowest BCUT2D eigenvalue weighted by atomic mass is 9.70. The number of hydrogen-bond acceptors (Lipinski definition) is 3. The SMILES string of the molecule is CC1(C)[C@H]2CC[C@@]1(C)/C(=N/NC(=O)Cn1cc(C(F)(F)F)ccc1=O)C2. The first-order chi connectivity index (χ1) is 11.9. The Kier molecular flexibility index (Phi) is 4.28. The highest BCUT2D eigenvalue weighted by Gasteiger charge is 2.60. The second kappa shape index (κ2) is 5.96. The zero-order valence-corrected chi connectivity index (χ0v) is 15.0. The molecule has 1 aromatic heterocycles. The van der Waals surface area contributed by atoms with E-state index < -0.39 is 29.8 Å². The lowest BCUT2D eigenvalue weighted by Gasteiger charge is -2.34. The number of fused-ring (bicyclic) bond motifs is 2. The van der Waals surface area contributed by atoms with Crippen LogP contribution in [0.25, 0.3) is 0 Å². The third-order valence-electron chi connectivity index (χ3n) is 6.45. The third-order valence-corrected chi connectivity index (χ3v) is 6.45. The Balaban J connectivity index is 1.72. The summed E-state index contributed by atoms with van der Waals surface area (Å²) in [6.45, 7) is 6.04. The predicted molar refractivity (Wildman–Crippen MR) is 90.5 cm³/mol. The van der Waals surface area contributed by atoms with Crippen LogP contribution in [-0.4, -0.2) is 16.2 Å². The number of amides is 1. The number of rotatable bonds is 3. The minimum absolute atomic E-state index is 0.0853. The maximum Gasteiger partial charge on any atom is 0.417 e. The van der Waals surface area contributed by atoms with E-state index in [9.17, 15) is 22.8 Å². The molecule has 2 saturated carbocycles. The molecule has 1 heterocycles. The summed E-state index contributed by atoms with van der Waals surface area (Å²) in [5, 5.41) is 4.25. The zero-order chi connectivity index (χ0) is 19.3. The molecule has 1 aromatic rings. The maximum absolute atomic E-state index is 12.8. The first-order valence-corrected chi connectivity index (χ1v) is 8.59. The normalized spacial score (nSPS) is 28.5. The van der Waals surface area contributed by atoms with Crippen LogP contribution in [0.5, 0.6) is 0 Å². The lowest BCUT2D eigenvalue weighted by molar-refractivity contribution is -0.138. The van der Waals surface area contributed by atoms with Gasteiger partial charge in [0.2, 0.25) is 0 Å². The molecule has 0 aliphatic heterocycles. The van der Waals surface area contributed by atoms with Crippen molar-refractivity contribution < 1.29 is 18.0 Å². The minimum Gasteiger partial charge on any atom is -0.305 e. The van der Waals surface area contributed by atoms with E-state index >= 15 is 0 Å². The lowest BCUT2D eigenvalue weighted by Crippen LogP contribution is -2.35. The number of pyridine rings is 1. The van der Waals surface area contributed by atoms with Crippen LogP contribution in [0.3, 0.4) is 0 Å². The van der Waals surface area contributed by atoms with Crippen molar-refractivity contribution in [2.45, 2.75) is 52.8 Å². The molecule has 2 aliphatic rings. The Hall–Kier alpha value is -2.12.